The molecule has 0 aliphatic carbocycles. The van der Waals surface area contributed by atoms with Crippen LogP contribution in [0.15, 0.2) is 27.4 Å². The molecule has 0 unspecified atom stereocenters. The average Bonchev–Trinajstić information content (AvgIpc) is 2.74. The zero-order valence-corrected chi connectivity index (χ0v) is 11.2. The number of aryl methyl sites for hydroxylation is 1. The van der Waals surface area contributed by atoms with Crippen LogP contribution in [0.2, 0.25) is 0 Å². The summed E-state index contributed by atoms with van der Waals surface area (Å²) in [5, 5.41) is 19.8. The first-order valence-corrected chi connectivity index (χ1v) is 6.56. The van der Waals surface area contributed by atoms with E-state index in [1.807, 2.05) is 0 Å². The summed E-state index contributed by atoms with van der Waals surface area (Å²) >= 11 is 2.17. The number of aromatic carboxylic acids is 1. The summed E-state index contributed by atoms with van der Waals surface area (Å²) in [6.45, 7) is 1.71. The van der Waals surface area contributed by atoms with Crippen LogP contribution in [0.25, 0.3) is 0 Å². The molecule has 0 bridgehead atoms. The van der Waals surface area contributed by atoms with E-state index < -0.39 is 10.9 Å². The Balaban J connectivity index is 2.42. The van der Waals surface area contributed by atoms with Crippen molar-refractivity contribution in [2.75, 3.05) is 0 Å². The lowest BCUT2D eigenvalue weighted by atomic mass is 10.2. The fraction of sp³-hybridized carbons (Fsp3) is 0.100. The number of hydrogen-bond donors (Lipinski definition) is 1. The van der Waals surface area contributed by atoms with Gasteiger partial charge in [0.05, 0.1) is 10.5 Å². The largest absolute Gasteiger partial charge is 0.478 e. The maximum atomic E-state index is 11.1. The second-order valence-corrected chi connectivity index (χ2v) is 5.49. The van der Waals surface area contributed by atoms with Gasteiger partial charge < -0.3 is 5.11 Å². The summed E-state index contributed by atoms with van der Waals surface area (Å²) in [4.78, 5) is 25.6. The van der Waals surface area contributed by atoms with Crippen LogP contribution in [-0.4, -0.2) is 25.4 Å². The molecule has 0 aliphatic heterocycles. The van der Waals surface area contributed by atoms with Gasteiger partial charge in [0.1, 0.15) is 5.82 Å². The molecule has 0 radical (unpaired) electrons. The molecule has 0 atom stereocenters. The lowest BCUT2D eigenvalue weighted by molar-refractivity contribution is -0.385. The van der Waals surface area contributed by atoms with Gasteiger partial charge in [-0.3, -0.25) is 10.1 Å². The van der Waals surface area contributed by atoms with Crippen LogP contribution in [0.4, 0.5) is 5.69 Å². The van der Waals surface area contributed by atoms with Gasteiger partial charge in [-0.05, 0) is 24.5 Å². The molecule has 1 N–H and O–H groups in total. The zero-order valence-electron chi connectivity index (χ0n) is 9.56. The third-order valence-electron chi connectivity index (χ3n) is 2.11. The predicted molar refractivity (Wildman–Crippen MR) is 68.8 cm³/mol. The Labute approximate surface area is 115 Å². The van der Waals surface area contributed by atoms with E-state index in [2.05, 4.69) is 9.36 Å². The Bertz CT molecular complexity index is 656. The van der Waals surface area contributed by atoms with E-state index in [9.17, 15) is 14.9 Å². The third kappa shape index (κ3) is 3.06. The zero-order chi connectivity index (χ0) is 14.0. The predicted octanol–water partition coefficient (Wildman–Crippen LogP) is 2.60. The van der Waals surface area contributed by atoms with E-state index in [1.165, 1.54) is 18.2 Å². The summed E-state index contributed by atoms with van der Waals surface area (Å²) in [5.41, 5.74) is -0.155. The van der Waals surface area contributed by atoms with Crippen LogP contribution in [-0.2, 0) is 0 Å². The van der Waals surface area contributed by atoms with Crippen molar-refractivity contribution >= 4 is 35.0 Å². The van der Waals surface area contributed by atoms with E-state index in [0.717, 1.165) is 23.3 Å². The van der Waals surface area contributed by atoms with Gasteiger partial charge in [0.25, 0.3) is 5.69 Å². The highest BCUT2D eigenvalue weighted by molar-refractivity contribution is 8.01. The van der Waals surface area contributed by atoms with Gasteiger partial charge >= 0.3 is 5.97 Å². The smallest absolute Gasteiger partial charge is 0.336 e. The van der Waals surface area contributed by atoms with Crippen molar-refractivity contribution in [3.05, 3.63) is 39.7 Å². The molecule has 7 nitrogen and oxygen atoms in total. The Morgan fingerprint density at radius 2 is 2.26 bits per heavy atom. The first-order chi connectivity index (χ1) is 8.97. The molecule has 0 amide bonds. The second-order valence-electron chi connectivity index (χ2n) is 3.45. The van der Waals surface area contributed by atoms with Gasteiger partial charge in [-0.1, -0.05) is 11.8 Å². The third-order valence-corrected chi connectivity index (χ3v) is 4.01. The first kappa shape index (κ1) is 13.4. The minimum atomic E-state index is -1.14. The van der Waals surface area contributed by atoms with Crippen LogP contribution in [0.5, 0.6) is 0 Å². The number of nitrogens with zero attached hydrogens (tertiary/aromatic N) is 3. The van der Waals surface area contributed by atoms with Crippen molar-refractivity contribution in [3.8, 4) is 0 Å². The standard InChI is InChI=1S/C10H7N3O4S2/c1-5-11-10(19-12-5)18-8-4-6(13(16)17)2-3-7(8)9(14)15/h2-4H,1H3,(H,14,15). The van der Waals surface area contributed by atoms with Crippen LogP contribution >= 0.6 is 23.3 Å². The van der Waals surface area contributed by atoms with Crippen molar-refractivity contribution in [2.24, 2.45) is 0 Å². The molecule has 9 heteroatoms. The van der Waals surface area contributed by atoms with E-state index in [-0.39, 0.29) is 16.1 Å². The Hall–Kier alpha value is -2.00. The van der Waals surface area contributed by atoms with Crippen molar-refractivity contribution in [2.45, 2.75) is 16.2 Å². The van der Waals surface area contributed by atoms with E-state index >= 15 is 0 Å². The number of benzene rings is 1. The fourth-order valence-electron chi connectivity index (χ4n) is 1.30. The van der Waals surface area contributed by atoms with Crippen molar-refractivity contribution in [3.63, 3.8) is 0 Å². The normalized spacial score (nSPS) is 10.4. The van der Waals surface area contributed by atoms with E-state index in [4.69, 9.17) is 5.11 Å². The van der Waals surface area contributed by atoms with Crippen LogP contribution < -0.4 is 0 Å². The van der Waals surface area contributed by atoms with Gasteiger partial charge in [0.15, 0.2) is 4.34 Å². The van der Waals surface area contributed by atoms with E-state index in [1.54, 1.807) is 6.92 Å². The van der Waals surface area contributed by atoms with Gasteiger partial charge in [-0.2, -0.15) is 4.37 Å². The lowest BCUT2D eigenvalue weighted by Crippen LogP contribution is -2.00. The topological polar surface area (TPSA) is 106 Å². The number of non-ortho nitro benzene ring substituents is 1. The molecule has 1 heterocycles. The summed E-state index contributed by atoms with van der Waals surface area (Å²) in [6, 6.07) is 3.61. The summed E-state index contributed by atoms with van der Waals surface area (Å²) in [5.74, 6) is -0.562. The number of carboxylic acids is 1. The van der Waals surface area contributed by atoms with Gasteiger partial charge in [-0.25, -0.2) is 9.78 Å². The fourth-order valence-corrected chi connectivity index (χ4v) is 3.06. The monoisotopic (exact) mass is 297 g/mol. The van der Waals surface area contributed by atoms with Crippen LogP contribution in [0, 0.1) is 17.0 Å². The minimum absolute atomic E-state index is 0.00320. The summed E-state index contributed by atoms with van der Waals surface area (Å²) in [6.07, 6.45) is 0. The highest BCUT2D eigenvalue weighted by Gasteiger charge is 2.17. The van der Waals surface area contributed by atoms with Crippen LogP contribution in [0.1, 0.15) is 16.2 Å². The second kappa shape index (κ2) is 5.33. The molecule has 0 saturated heterocycles. The average molecular weight is 297 g/mol. The van der Waals surface area contributed by atoms with Gasteiger partial charge in [0, 0.05) is 17.0 Å². The molecule has 0 spiro atoms. The quantitative estimate of drug-likeness (QED) is 0.682. The SMILES string of the molecule is Cc1nsc(Sc2cc([N+](=O)[O-])ccc2C(=O)O)n1. The number of carbonyl (C=O) groups is 1. The summed E-state index contributed by atoms with van der Waals surface area (Å²) in [7, 11) is 0. The number of aromatic nitrogens is 2. The minimum Gasteiger partial charge on any atom is -0.478 e. The highest BCUT2D eigenvalue weighted by Crippen LogP contribution is 2.34. The molecule has 0 fully saturated rings. The van der Waals surface area contributed by atoms with Gasteiger partial charge in [-0.15, -0.1) is 0 Å². The molecule has 0 aliphatic rings. The molecule has 2 aromatic rings. The molecule has 1 aromatic heterocycles. The number of carboxylic acid groups (broad SMARTS) is 1. The number of rotatable bonds is 4. The molecular weight excluding hydrogens is 290 g/mol. The summed E-state index contributed by atoms with van der Waals surface area (Å²) < 4.78 is 4.52. The molecule has 0 saturated carbocycles. The Morgan fingerprint density at radius 3 is 2.79 bits per heavy atom. The molecule has 2 rings (SSSR count). The molecule has 1 aromatic carbocycles. The maximum Gasteiger partial charge on any atom is 0.336 e. The van der Waals surface area contributed by atoms with Crippen molar-refractivity contribution in [1.29, 1.82) is 0 Å². The van der Waals surface area contributed by atoms with Crippen molar-refractivity contribution in [1.82, 2.24) is 9.36 Å². The number of nitro benzene ring substituents is 1. The van der Waals surface area contributed by atoms with Gasteiger partial charge in [0.2, 0.25) is 0 Å². The molecular formula is C10H7N3O4S2. The molecule has 19 heavy (non-hydrogen) atoms. The molecule has 98 valence electrons. The highest BCUT2D eigenvalue weighted by atomic mass is 32.2. The van der Waals surface area contributed by atoms with Crippen molar-refractivity contribution < 1.29 is 14.8 Å². The Kier molecular flexibility index (Phi) is 3.76. The first-order valence-electron chi connectivity index (χ1n) is 4.97. The number of hydrogen-bond acceptors (Lipinski definition) is 7. The lowest BCUT2D eigenvalue weighted by Gasteiger charge is -2.03. The maximum absolute atomic E-state index is 11.1. The Morgan fingerprint density at radius 1 is 1.53 bits per heavy atom. The van der Waals surface area contributed by atoms with Crippen LogP contribution in [0.3, 0.4) is 0 Å². The number of nitro groups is 1. The van der Waals surface area contributed by atoms with E-state index in [0.29, 0.717) is 10.2 Å².